The number of nitrogens with one attached hydrogen (secondary N) is 4. The van der Waals surface area contributed by atoms with E-state index in [1.165, 1.54) is 0 Å². The van der Waals surface area contributed by atoms with Gasteiger partial charge in [-0.15, -0.1) is 0 Å². The number of unbranched alkanes of at least 4 members (excludes halogenated alkanes) is 1. The molecule has 0 fully saturated rings. The maximum absolute atomic E-state index is 13.3. The van der Waals surface area contributed by atoms with Crippen molar-refractivity contribution in [3.63, 3.8) is 0 Å². The minimum absolute atomic E-state index is 0.0263. The number of amides is 4. The van der Waals surface area contributed by atoms with Gasteiger partial charge in [-0.2, -0.15) is 0 Å². The molecular formula is C33H39N5O9. The number of benzene rings is 3. The first-order valence-corrected chi connectivity index (χ1v) is 15.1. The predicted molar refractivity (Wildman–Crippen MR) is 171 cm³/mol. The Morgan fingerprint density at radius 3 is 1.91 bits per heavy atom. The number of hydrogen-bond donors (Lipinski definition) is 8. The lowest BCUT2D eigenvalue weighted by Gasteiger charge is -2.20. The number of carbonyl (C=O) groups excluding carboxylic acids is 3. The quantitative estimate of drug-likeness (QED) is 0.0933. The van der Waals surface area contributed by atoms with Gasteiger partial charge in [0, 0.05) is 31.5 Å². The third-order valence-electron chi connectivity index (χ3n) is 7.40. The molecule has 0 aliphatic rings. The fourth-order valence-electron chi connectivity index (χ4n) is 4.79. The number of fused-ring (bicyclic) bond motifs is 1. The molecule has 3 aromatic carbocycles. The van der Waals surface area contributed by atoms with Crippen LogP contribution in [0.2, 0.25) is 0 Å². The van der Waals surface area contributed by atoms with Crippen LogP contribution in [0.4, 0.5) is 4.79 Å². The Balaban J connectivity index is 1.57. The number of urea groups is 1. The molecule has 4 amide bonds. The third kappa shape index (κ3) is 11.7. The summed E-state index contributed by atoms with van der Waals surface area (Å²) in [5.41, 5.74) is 7.71. The molecule has 0 saturated carbocycles. The van der Waals surface area contributed by atoms with E-state index >= 15 is 0 Å². The number of carboxylic acid groups (broad SMARTS) is 3. The van der Waals surface area contributed by atoms with E-state index in [0.29, 0.717) is 18.5 Å². The summed E-state index contributed by atoms with van der Waals surface area (Å²) in [7, 11) is 0. The summed E-state index contributed by atoms with van der Waals surface area (Å²) >= 11 is 0. The monoisotopic (exact) mass is 649 g/mol. The van der Waals surface area contributed by atoms with Crippen LogP contribution in [0.25, 0.3) is 10.8 Å². The van der Waals surface area contributed by atoms with Gasteiger partial charge in [0.1, 0.15) is 18.1 Å². The Bertz CT molecular complexity index is 1580. The standard InChI is InChI=1S/C33H39N5O9/c34-19-20-8-12-23(13-9-20)29(41)36-27(18-21-10-11-22-5-1-2-6-24(22)17-21)30(42)35-16-4-3-7-25(31(43)44)37-33(47)38-26(32(45)46)14-15-28(39)40/h1-2,5-6,8-13,17,25-27H,3-4,7,14-16,18-19,34H2,(H,35,42)(H,36,41)(H,39,40)(H,43,44)(H,45,46)(H2,37,38,47)/t25-,26-,27-/m0/s1. The van der Waals surface area contributed by atoms with Crippen molar-refractivity contribution in [3.05, 3.63) is 83.4 Å². The Kier molecular flexibility index (Phi) is 13.7. The molecule has 47 heavy (non-hydrogen) atoms. The zero-order valence-corrected chi connectivity index (χ0v) is 25.6. The Morgan fingerprint density at radius 2 is 1.30 bits per heavy atom. The molecule has 0 unspecified atom stereocenters. The number of nitrogens with two attached hydrogens (primary N) is 1. The van der Waals surface area contributed by atoms with E-state index < -0.39 is 60.3 Å². The Labute approximate surface area is 270 Å². The summed E-state index contributed by atoms with van der Waals surface area (Å²) in [6.45, 7) is 0.480. The molecule has 3 atom stereocenters. The second-order valence-corrected chi connectivity index (χ2v) is 10.9. The van der Waals surface area contributed by atoms with Crippen molar-refractivity contribution in [1.82, 2.24) is 21.3 Å². The minimum Gasteiger partial charge on any atom is -0.481 e. The normalized spacial score (nSPS) is 12.7. The van der Waals surface area contributed by atoms with Crippen LogP contribution in [0.5, 0.6) is 0 Å². The van der Waals surface area contributed by atoms with Gasteiger partial charge in [0.15, 0.2) is 0 Å². The van der Waals surface area contributed by atoms with E-state index in [2.05, 4.69) is 21.3 Å². The molecule has 14 nitrogen and oxygen atoms in total. The summed E-state index contributed by atoms with van der Waals surface area (Å²) in [6.07, 6.45) is -0.0758. The zero-order chi connectivity index (χ0) is 34.3. The van der Waals surface area contributed by atoms with Crippen LogP contribution in [-0.4, -0.2) is 75.7 Å². The molecule has 14 heteroatoms. The van der Waals surface area contributed by atoms with E-state index in [1.807, 2.05) is 42.5 Å². The van der Waals surface area contributed by atoms with Crippen molar-refractivity contribution >= 4 is 46.5 Å². The highest BCUT2D eigenvalue weighted by Gasteiger charge is 2.25. The molecule has 0 aromatic heterocycles. The van der Waals surface area contributed by atoms with Crippen molar-refractivity contribution < 1.29 is 44.1 Å². The van der Waals surface area contributed by atoms with Crippen LogP contribution in [-0.2, 0) is 32.1 Å². The van der Waals surface area contributed by atoms with Gasteiger partial charge in [-0.3, -0.25) is 14.4 Å². The summed E-state index contributed by atoms with van der Waals surface area (Å²) in [4.78, 5) is 72.3. The highest BCUT2D eigenvalue weighted by molar-refractivity contribution is 5.97. The number of carboxylic acids is 3. The van der Waals surface area contributed by atoms with E-state index in [0.717, 1.165) is 21.9 Å². The third-order valence-corrected chi connectivity index (χ3v) is 7.40. The highest BCUT2D eigenvalue weighted by Crippen LogP contribution is 2.17. The maximum atomic E-state index is 13.3. The van der Waals surface area contributed by atoms with E-state index in [9.17, 15) is 39.0 Å². The summed E-state index contributed by atoms with van der Waals surface area (Å²) < 4.78 is 0. The highest BCUT2D eigenvalue weighted by atomic mass is 16.4. The second-order valence-electron chi connectivity index (χ2n) is 10.9. The molecule has 9 N–H and O–H groups in total. The molecule has 0 bridgehead atoms. The van der Waals surface area contributed by atoms with Crippen LogP contribution in [0, 0.1) is 0 Å². The molecule has 3 aromatic rings. The first kappa shape index (κ1) is 36.0. The summed E-state index contributed by atoms with van der Waals surface area (Å²) in [5, 5.41) is 39.4. The molecule has 0 radical (unpaired) electrons. The second kappa shape index (κ2) is 17.8. The Morgan fingerprint density at radius 1 is 0.681 bits per heavy atom. The summed E-state index contributed by atoms with van der Waals surface area (Å²) in [6, 6.07) is 15.5. The van der Waals surface area contributed by atoms with E-state index in [4.69, 9.17) is 10.8 Å². The van der Waals surface area contributed by atoms with Gasteiger partial charge < -0.3 is 42.3 Å². The number of aliphatic carboxylic acids is 3. The van der Waals surface area contributed by atoms with Gasteiger partial charge in [-0.1, -0.05) is 54.6 Å². The smallest absolute Gasteiger partial charge is 0.326 e. The fourth-order valence-corrected chi connectivity index (χ4v) is 4.79. The molecular weight excluding hydrogens is 610 g/mol. The predicted octanol–water partition coefficient (Wildman–Crippen LogP) is 2.00. The van der Waals surface area contributed by atoms with E-state index in [-0.39, 0.29) is 32.2 Å². The lowest BCUT2D eigenvalue weighted by Crippen LogP contribution is -2.51. The number of hydrogen-bond acceptors (Lipinski definition) is 7. The SMILES string of the molecule is NCc1ccc(C(=O)N[C@@H](Cc2ccc3ccccc3c2)C(=O)NCCCC[C@H](NC(=O)N[C@@H](CCC(=O)O)C(=O)O)C(=O)O)cc1. The molecule has 250 valence electrons. The average Bonchev–Trinajstić information content (AvgIpc) is 3.05. The van der Waals surface area contributed by atoms with Gasteiger partial charge in [0.05, 0.1) is 0 Å². The van der Waals surface area contributed by atoms with Gasteiger partial charge in [0.2, 0.25) is 5.91 Å². The molecule has 0 aliphatic carbocycles. The van der Waals surface area contributed by atoms with Crippen LogP contribution in [0.15, 0.2) is 66.7 Å². The van der Waals surface area contributed by atoms with Crippen molar-refractivity contribution in [2.24, 2.45) is 5.73 Å². The van der Waals surface area contributed by atoms with Crippen LogP contribution in [0.1, 0.15) is 53.6 Å². The fraction of sp³-hybridized carbons (Fsp3) is 0.333. The lowest BCUT2D eigenvalue weighted by atomic mass is 10.0. The largest absolute Gasteiger partial charge is 0.481 e. The van der Waals surface area contributed by atoms with Gasteiger partial charge in [-0.05, 0) is 59.7 Å². The number of carbonyl (C=O) groups is 6. The van der Waals surface area contributed by atoms with E-state index in [1.54, 1.807) is 24.3 Å². The van der Waals surface area contributed by atoms with Crippen molar-refractivity contribution in [2.75, 3.05) is 6.54 Å². The zero-order valence-electron chi connectivity index (χ0n) is 25.6. The average molecular weight is 650 g/mol. The van der Waals surface area contributed by atoms with Crippen LogP contribution >= 0.6 is 0 Å². The molecule has 0 saturated heterocycles. The lowest BCUT2D eigenvalue weighted by molar-refractivity contribution is -0.140. The maximum Gasteiger partial charge on any atom is 0.326 e. The minimum atomic E-state index is -1.51. The van der Waals surface area contributed by atoms with Crippen molar-refractivity contribution in [2.45, 2.75) is 63.2 Å². The van der Waals surface area contributed by atoms with Crippen LogP contribution < -0.4 is 27.0 Å². The van der Waals surface area contributed by atoms with Gasteiger partial charge >= 0.3 is 23.9 Å². The molecule has 0 spiro atoms. The molecule has 0 heterocycles. The molecule has 0 aliphatic heterocycles. The Hall–Kier alpha value is -5.50. The number of rotatable bonds is 18. The first-order chi connectivity index (χ1) is 22.5. The van der Waals surface area contributed by atoms with Crippen LogP contribution in [0.3, 0.4) is 0 Å². The molecule has 3 rings (SSSR count). The topological polar surface area (TPSA) is 237 Å². The van der Waals surface area contributed by atoms with Gasteiger partial charge in [0.25, 0.3) is 5.91 Å². The van der Waals surface area contributed by atoms with Crippen molar-refractivity contribution in [3.8, 4) is 0 Å². The first-order valence-electron chi connectivity index (χ1n) is 15.1. The van der Waals surface area contributed by atoms with Gasteiger partial charge in [-0.25, -0.2) is 14.4 Å². The van der Waals surface area contributed by atoms with Crippen molar-refractivity contribution in [1.29, 1.82) is 0 Å². The summed E-state index contributed by atoms with van der Waals surface area (Å²) in [5.74, 6) is -4.91.